The van der Waals surface area contributed by atoms with Gasteiger partial charge in [-0.2, -0.15) is 0 Å². The number of rotatable bonds is 3. The minimum Gasteiger partial charge on any atom is -0.391 e. The predicted octanol–water partition coefficient (Wildman–Crippen LogP) is 1.38. The maximum Gasteiger partial charge on any atom is 0.0695 e. The first kappa shape index (κ1) is 15.2. The molecule has 3 N–H and O–H groups in total. The van der Waals surface area contributed by atoms with Crippen molar-refractivity contribution in [1.29, 1.82) is 0 Å². The van der Waals surface area contributed by atoms with Gasteiger partial charge in [0.15, 0.2) is 0 Å². The van der Waals surface area contributed by atoms with Crippen molar-refractivity contribution in [3.05, 3.63) is 0 Å². The molecule has 0 spiro atoms. The van der Waals surface area contributed by atoms with Crippen LogP contribution in [0.2, 0.25) is 0 Å². The minimum atomic E-state index is -0.175. The third-order valence-corrected chi connectivity index (χ3v) is 2.92. The summed E-state index contributed by atoms with van der Waals surface area (Å²) in [6, 6.07) is 0.312. The molecule has 0 aromatic heterocycles. The summed E-state index contributed by atoms with van der Waals surface area (Å²) >= 11 is 0. The van der Waals surface area contributed by atoms with Crippen LogP contribution in [0.4, 0.5) is 0 Å². The summed E-state index contributed by atoms with van der Waals surface area (Å²) in [5.41, 5.74) is 5.79. The highest BCUT2D eigenvalue weighted by atomic mass is 35.5. The van der Waals surface area contributed by atoms with Crippen LogP contribution in [0.3, 0.4) is 0 Å². The molecule has 3 nitrogen and oxygen atoms in total. The minimum absolute atomic E-state index is 0. The molecule has 0 bridgehead atoms. The SMILES string of the molecule is CN(CC(C)(C)N)C1CCCCC1O.Cl. The summed E-state index contributed by atoms with van der Waals surface area (Å²) in [5.74, 6) is 0. The lowest BCUT2D eigenvalue weighted by Gasteiger charge is -2.38. The van der Waals surface area contributed by atoms with Gasteiger partial charge in [-0.05, 0) is 33.7 Å². The van der Waals surface area contributed by atoms with Crippen molar-refractivity contribution in [1.82, 2.24) is 4.90 Å². The van der Waals surface area contributed by atoms with Gasteiger partial charge in [-0.3, -0.25) is 4.90 Å². The Balaban J connectivity index is 0.00000196. The molecule has 0 saturated heterocycles. The van der Waals surface area contributed by atoms with E-state index in [4.69, 9.17) is 5.73 Å². The van der Waals surface area contributed by atoms with E-state index in [1.165, 1.54) is 6.42 Å². The van der Waals surface area contributed by atoms with Gasteiger partial charge >= 0.3 is 0 Å². The van der Waals surface area contributed by atoms with Crippen LogP contribution in [0.1, 0.15) is 39.5 Å². The fraction of sp³-hybridized carbons (Fsp3) is 1.00. The Morgan fingerprint density at radius 1 is 1.33 bits per heavy atom. The van der Waals surface area contributed by atoms with E-state index in [1.54, 1.807) is 0 Å². The molecule has 15 heavy (non-hydrogen) atoms. The maximum atomic E-state index is 9.85. The lowest BCUT2D eigenvalue weighted by atomic mass is 9.91. The topological polar surface area (TPSA) is 49.5 Å². The predicted molar refractivity (Wildman–Crippen MR) is 66.4 cm³/mol. The molecule has 4 heteroatoms. The summed E-state index contributed by atoms with van der Waals surface area (Å²) in [5, 5.41) is 9.85. The molecule has 2 atom stereocenters. The monoisotopic (exact) mass is 236 g/mol. The summed E-state index contributed by atoms with van der Waals surface area (Å²) in [4.78, 5) is 2.21. The van der Waals surface area contributed by atoms with E-state index in [2.05, 4.69) is 11.9 Å². The van der Waals surface area contributed by atoms with Gasteiger partial charge in [-0.25, -0.2) is 0 Å². The van der Waals surface area contributed by atoms with Crippen molar-refractivity contribution in [2.75, 3.05) is 13.6 Å². The van der Waals surface area contributed by atoms with E-state index >= 15 is 0 Å². The van der Waals surface area contributed by atoms with Gasteiger partial charge in [0.25, 0.3) is 0 Å². The van der Waals surface area contributed by atoms with Gasteiger partial charge in [-0.1, -0.05) is 12.8 Å². The van der Waals surface area contributed by atoms with Crippen LogP contribution in [0.5, 0.6) is 0 Å². The molecular formula is C11H25ClN2O. The second kappa shape index (κ2) is 6.04. The quantitative estimate of drug-likeness (QED) is 0.779. The average molecular weight is 237 g/mol. The summed E-state index contributed by atoms with van der Waals surface area (Å²) < 4.78 is 0. The van der Waals surface area contributed by atoms with Crippen molar-refractivity contribution >= 4 is 12.4 Å². The van der Waals surface area contributed by atoms with Crippen LogP contribution < -0.4 is 5.73 Å². The lowest BCUT2D eigenvalue weighted by molar-refractivity contribution is 0.0254. The number of hydrogen-bond donors (Lipinski definition) is 2. The Morgan fingerprint density at radius 3 is 2.33 bits per heavy atom. The third kappa shape index (κ3) is 5.16. The molecule has 1 aliphatic carbocycles. The Morgan fingerprint density at radius 2 is 1.87 bits per heavy atom. The van der Waals surface area contributed by atoms with Crippen LogP contribution in [-0.4, -0.2) is 41.3 Å². The van der Waals surface area contributed by atoms with Crippen LogP contribution in [0.15, 0.2) is 0 Å². The third-order valence-electron chi connectivity index (χ3n) is 2.92. The highest BCUT2D eigenvalue weighted by molar-refractivity contribution is 5.85. The number of aliphatic hydroxyl groups is 1. The van der Waals surface area contributed by atoms with E-state index in [1.807, 2.05) is 13.8 Å². The zero-order chi connectivity index (χ0) is 10.8. The van der Waals surface area contributed by atoms with Gasteiger partial charge < -0.3 is 10.8 Å². The van der Waals surface area contributed by atoms with E-state index in [-0.39, 0.29) is 24.0 Å². The molecule has 92 valence electrons. The first-order chi connectivity index (χ1) is 6.40. The first-order valence-corrected chi connectivity index (χ1v) is 5.57. The first-order valence-electron chi connectivity index (χ1n) is 5.57. The van der Waals surface area contributed by atoms with E-state index in [0.29, 0.717) is 6.04 Å². The van der Waals surface area contributed by atoms with Crippen LogP contribution in [-0.2, 0) is 0 Å². The Labute approximate surface area is 99.4 Å². The smallest absolute Gasteiger partial charge is 0.0695 e. The number of hydrogen-bond acceptors (Lipinski definition) is 3. The van der Waals surface area contributed by atoms with Crippen LogP contribution in [0.25, 0.3) is 0 Å². The molecule has 1 saturated carbocycles. The standard InChI is InChI=1S/C11H24N2O.ClH/c1-11(2,12)8-13(3)9-6-4-5-7-10(9)14;/h9-10,14H,4-8,12H2,1-3H3;1H. The lowest BCUT2D eigenvalue weighted by Crippen LogP contribution is -2.51. The molecule has 0 aromatic rings. The molecule has 0 heterocycles. The average Bonchev–Trinajstić information content (AvgIpc) is 2.01. The fourth-order valence-electron chi connectivity index (χ4n) is 2.37. The van der Waals surface area contributed by atoms with Gasteiger partial charge in [0.1, 0.15) is 0 Å². The van der Waals surface area contributed by atoms with Crippen molar-refractivity contribution in [2.24, 2.45) is 5.73 Å². The van der Waals surface area contributed by atoms with Crippen molar-refractivity contribution in [3.8, 4) is 0 Å². The molecule has 0 aromatic carbocycles. The summed E-state index contributed by atoms with van der Waals surface area (Å²) in [6.07, 6.45) is 4.29. The molecule has 1 aliphatic rings. The molecule has 1 fully saturated rings. The number of aliphatic hydroxyl groups excluding tert-OH is 1. The normalized spacial score (nSPS) is 27.6. The maximum absolute atomic E-state index is 9.85. The van der Waals surface area contributed by atoms with Gasteiger partial charge in [0.2, 0.25) is 0 Å². The summed E-state index contributed by atoms with van der Waals surface area (Å²) in [7, 11) is 2.06. The zero-order valence-corrected chi connectivity index (χ0v) is 10.9. The number of likely N-dealkylation sites (N-methyl/N-ethyl adjacent to an activating group) is 1. The van der Waals surface area contributed by atoms with Gasteiger partial charge in [-0.15, -0.1) is 12.4 Å². The van der Waals surface area contributed by atoms with E-state index in [0.717, 1.165) is 25.8 Å². The fourth-order valence-corrected chi connectivity index (χ4v) is 2.37. The van der Waals surface area contributed by atoms with Crippen molar-refractivity contribution in [3.63, 3.8) is 0 Å². The van der Waals surface area contributed by atoms with Gasteiger partial charge in [0, 0.05) is 18.1 Å². The van der Waals surface area contributed by atoms with Crippen LogP contribution >= 0.6 is 12.4 Å². The van der Waals surface area contributed by atoms with Crippen molar-refractivity contribution < 1.29 is 5.11 Å². The van der Waals surface area contributed by atoms with Crippen molar-refractivity contribution in [2.45, 2.75) is 57.2 Å². The van der Waals surface area contributed by atoms with Crippen LogP contribution in [0, 0.1) is 0 Å². The molecular weight excluding hydrogens is 212 g/mol. The second-order valence-electron chi connectivity index (χ2n) is 5.32. The van der Waals surface area contributed by atoms with Gasteiger partial charge in [0.05, 0.1) is 6.10 Å². The Bertz CT molecular complexity index is 182. The molecule has 1 rings (SSSR count). The molecule has 0 radical (unpaired) electrons. The largest absolute Gasteiger partial charge is 0.391 e. The van der Waals surface area contributed by atoms with E-state index in [9.17, 15) is 5.11 Å². The number of nitrogens with zero attached hydrogens (tertiary/aromatic N) is 1. The number of nitrogens with two attached hydrogens (primary N) is 1. The molecule has 2 unspecified atom stereocenters. The number of halogens is 1. The summed E-state index contributed by atoms with van der Waals surface area (Å²) in [6.45, 7) is 4.89. The highest BCUT2D eigenvalue weighted by Gasteiger charge is 2.28. The zero-order valence-electron chi connectivity index (χ0n) is 10.1. The second-order valence-corrected chi connectivity index (χ2v) is 5.32. The Kier molecular flexibility index (Phi) is 6.11. The molecule has 0 aliphatic heterocycles. The highest BCUT2D eigenvalue weighted by Crippen LogP contribution is 2.22. The molecule has 0 amide bonds. The Hall–Kier alpha value is 0.170. The van der Waals surface area contributed by atoms with E-state index < -0.39 is 0 Å².